The molecule has 1 fully saturated rings. The summed E-state index contributed by atoms with van der Waals surface area (Å²) in [5.74, 6) is 2.66. The molecule has 1 saturated heterocycles. The Labute approximate surface area is 183 Å². The molecule has 0 aromatic heterocycles. The van der Waals surface area contributed by atoms with Crippen molar-refractivity contribution in [1.82, 2.24) is 9.21 Å². The monoisotopic (exact) mass is 436 g/mol. The molecule has 1 unspecified atom stereocenters. The van der Waals surface area contributed by atoms with Crippen molar-refractivity contribution < 1.29 is 4.79 Å². The van der Waals surface area contributed by atoms with Crippen LogP contribution in [0.4, 0.5) is 0 Å². The van der Waals surface area contributed by atoms with Crippen molar-refractivity contribution in [3.63, 3.8) is 0 Å². The molecule has 0 spiro atoms. The van der Waals surface area contributed by atoms with E-state index in [2.05, 4.69) is 53.5 Å². The molecule has 1 aliphatic rings. The summed E-state index contributed by atoms with van der Waals surface area (Å²) in [7, 11) is 4.16. The SMILES string of the molecule is CN(C)Cc1ccc(CC2CCN(Sc3ccc(Cl)cc3)C(=C=O)C2)cc1.Cl. The summed E-state index contributed by atoms with van der Waals surface area (Å²) in [5.41, 5.74) is 3.42. The number of hydrogen-bond acceptors (Lipinski definition) is 4. The Morgan fingerprint density at radius 3 is 2.36 bits per heavy atom. The fourth-order valence-electron chi connectivity index (χ4n) is 3.38. The van der Waals surface area contributed by atoms with Crippen molar-refractivity contribution in [1.29, 1.82) is 0 Å². The van der Waals surface area contributed by atoms with E-state index in [0.717, 1.165) is 48.0 Å². The van der Waals surface area contributed by atoms with Crippen LogP contribution in [-0.4, -0.2) is 35.8 Å². The number of nitrogens with zero attached hydrogens (tertiary/aromatic N) is 2. The van der Waals surface area contributed by atoms with Crippen LogP contribution >= 0.6 is 36.0 Å². The van der Waals surface area contributed by atoms with Crippen LogP contribution in [0.1, 0.15) is 24.0 Å². The standard InChI is InChI=1S/C22H25ClN2OS.ClH/c1-24(2)15-18-5-3-17(4-6-18)13-19-11-12-25(21(14-19)16-26)27-22-9-7-20(23)8-10-22;/h3-10,19H,11-15H2,1-2H3;1H. The zero-order valence-corrected chi connectivity index (χ0v) is 18.6. The number of allylic oxidation sites excluding steroid dienone is 1. The minimum Gasteiger partial charge on any atom is -0.306 e. The Kier molecular flexibility index (Phi) is 8.94. The molecule has 0 saturated carbocycles. The van der Waals surface area contributed by atoms with Gasteiger partial charge in [-0.2, -0.15) is 0 Å². The molecule has 0 N–H and O–H groups in total. The van der Waals surface area contributed by atoms with Crippen LogP contribution < -0.4 is 0 Å². The maximum Gasteiger partial charge on any atom is 0.146 e. The molecule has 1 atom stereocenters. The molecule has 1 heterocycles. The van der Waals surface area contributed by atoms with Crippen LogP contribution in [0.3, 0.4) is 0 Å². The highest BCUT2D eigenvalue weighted by atomic mass is 35.5. The lowest BCUT2D eigenvalue weighted by Crippen LogP contribution is -2.28. The summed E-state index contributed by atoms with van der Waals surface area (Å²) in [6.45, 7) is 1.82. The Hall–Kier alpha value is -1.42. The lowest BCUT2D eigenvalue weighted by atomic mass is 9.89. The first kappa shape index (κ1) is 22.9. The molecule has 28 heavy (non-hydrogen) atoms. The predicted octanol–water partition coefficient (Wildman–Crippen LogP) is 5.50. The average Bonchev–Trinajstić information content (AvgIpc) is 2.66. The minimum absolute atomic E-state index is 0. The van der Waals surface area contributed by atoms with E-state index in [1.54, 1.807) is 11.9 Å². The van der Waals surface area contributed by atoms with Gasteiger partial charge >= 0.3 is 0 Å². The lowest BCUT2D eigenvalue weighted by molar-refractivity contribution is 0.346. The number of halogens is 2. The zero-order valence-electron chi connectivity index (χ0n) is 16.2. The van der Waals surface area contributed by atoms with E-state index in [1.807, 2.05) is 24.3 Å². The zero-order chi connectivity index (χ0) is 19.2. The van der Waals surface area contributed by atoms with E-state index in [4.69, 9.17) is 11.6 Å². The van der Waals surface area contributed by atoms with Gasteiger partial charge in [0, 0.05) is 29.4 Å². The van der Waals surface area contributed by atoms with E-state index in [-0.39, 0.29) is 12.4 Å². The summed E-state index contributed by atoms with van der Waals surface area (Å²) in [5, 5.41) is 0.723. The second-order valence-electron chi connectivity index (χ2n) is 7.31. The molecule has 2 aromatic rings. The molecular weight excluding hydrogens is 411 g/mol. The topological polar surface area (TPSA) is 23.6 Å². The first-order valence-electron chi connectivity index (χ1n) is 9.21. The Morgan fingerprint density at radius 1 is 1.11 bits per heavy atom. The molecular formula is C22H26Cl2N2OS. The van der Waals surface area contributed by atoms with Crippen molar-refractivity contribution in [3.8, 4) is 0 Å². The third-order valence-electron chi connectivity index (χ3n) is 4.72. The smallest absolute Gasteiger partial charge is 0.146 e. The molecule has 0 aliphatic carbocycles. The second-order valence-corrected chi connectivity index (χ2v) is 8.84. The fraction of sp³-hybridized carbons (Fsp3) is 0.364. The molecule has 0 amide bonds. The molecule has 0 bridgehead atoms. The summed E-state index contributed by atoms with van der Waals surface area (Å²) < 4.78 is 2.08. The Balaban J connectivity index is 0.00000280. The molecule has 0 radical (unpaired) electrons. The number of rotatable bonds is 6. The van der Waals surface area contributed by atoms with Gasteiger partial charge in [-0.15, -0.1) is 12.4 Å². The van der Waals surface area contributed by atoms with Gasteiger partial charge in [0.1, 0.15) is 11.6 Å². The summed E-state index contributed by atoms with van der Waals surface area (Å²) in [4.78, 5) is 14.8. The summed E-state index contributed by atoms with van der Waals surface area (Å²) >= 11 is 7.54. The maximum atomic E-state index is 11.5. The van der Waals surface area contributed by atoms with Crippen LogP contribution in [-0.2, 0) is 17.8 Å². The van der Waals surface area contributed by atoms with Gasteiger partial charge in [-0.1, -0.05) is 35.9 Å². The van der Waals surface area contributed by atoms with Crippen molar-refractivity contribution in [2.24, 2.45) is 5.92 Å². The number of carbonyl (C=O) groups excluding carboxylic acids is 1. The summed E-state index contributed by atoms with van der Waals surface area (Å²) in [6, 6.07) is 16.6. The van der Waals surface area contributed by atoms with Gasteiger partial charge < -0.3 is 9.21 Å². The van der Waals surface area contributed by atoms with Gasteiger partial charge in [0.05, 0.1) is 0 Å². The van der Waals surface area contributed by atoms with Crippen LogP contribution in [0.2, 0.25) is 5.02 Å². The van der Waals surface area contributed by atoms with Crippen molar-refractivity contribution in [3.05, 3.63) is 70.4 Å². The normalized spacial score (nSPS) is 16.6. The molecule has 6 heteroatoms. The first-order valence-corrected chi connectivity index (χ1v) is 10.4. The first-order chi connectivity index (χ1) is 13.0. The van der Waals surface area contributed by atoms with Crippen LogP contribution in [0.5, 0.6) is 0 Å². The highest BCUT2D eigenvalue weighted by Crippen LogP contribution is 2.35. The van der Waals surface area contributed by atoms with Crippen molar-refractivity contribution >= 4 is 41.9 Å². The van der Waals surface area contributed by atoms with Crippen molar-refractivity contribution in [2.75, 3.05) is 20.6 Å². The van der Waals surface area contributed by atoms with Gasteiger partial charge in [0.25, 0.3) is 0 Å². The highest BCUT2D eigenvalue weighted by Gasteiger charge is 2.25. The number of piperidine rings is 1. The molecule has 2 aromatic carbocycles. The Bertz CT molecular complexity index is 802. The van der Waals surface area contributed by atoms with Crippen molar-refractivity contribution in [2.45, 2.75) is 30.7 Å². The fourth-order valence-corrected chi connectivity index (χ4v) is 4.44. The largest absolute Gasteiger partial charge is 0.306 e. The van der Waals surface area contributed by atoms with Gasteiger partial charge in [-0.25, -0.2) is 4.79 Å². The van der Waals surface area contributed by atoms with Gasteiger partial charge in [0.15, 0.2) is 0 Å². The second kappa shape index (κ2) is 10.9. The van der Waals surface area contributed by atoms with E-state index >= 15 is 0 Å². The third-order valence-corrected chi connectivity index (χ3v) is 6.08. The molecule has 1 aliphatic heterocycles. The average molecular weight is 437 g/mol. The maximum absolute atomic E-state index is 11.5. The minimum atomic E-state index is 0. The third kappa shape index (κ3) is 6.58. The van der Waals surface area contributed by atoms with Gasteiger partial charge in [0.2, 0.25) is 0 Å². The number of benzene rings is 2. The van der Waals surface area contributed by atoms with Crippen LogP contribution in [0, 0.1) is 5.92 Å². The summed E-state index contributed by atoms with van der Waals surface area (Å²) in [6.07, 6.45) is 2.86. The van der Waals surface area contributed by atoms with E-state index in [0.29, 0.717) is 5.92 Å². The quantitative estimate of drug-likeness (QED) is 0.440. The predicted molar refractivity (Wildman–Crippen MR) is 121 cm³/mol. The van der Waals surface area contributed by atoms with E-state index in [9.17, 15) is 4.79 Å². The van der Waals surface area contributed by atoms with E-state index < -0.39 is 0 Å². The van der Waals surface area contributed by atoms with Gasteiger partial charge in [-0.05, 0) is 80.2 Å². The van der Waals surface area contributed by atoms with Gasteiger partial charge in [-0.3, -0.25) is 0 Å². The van der Waals surface area contributed by atoms with E-state index in [1.165, 1.54) is 11.1 Å². The highest BCUT2D eigenvalue weighted by molar-refractivity contribution is 7.97. The molecule has 3 nitrogen and oxygen atoms in total. The Morgan fingerprint density at radius 2 is 1.75 bits per heavy atom. The lowest BCUT2D eigenvalue weighted by Gasteiger charge is -2.32. The van der Waals surface area contributed by atoms with Crippen LogP contribution in [0.15, 0.2) is 59.1 Å². The molecule has 150 valence electrons. The molecule has 3 rings (SSSR count). The number of hydrogen-bond donors (Lipinski definition) is 0. The van der Waals surface area contributed by atoms with Crippen LogP contribution in [0.25, 0.3) is 0 Å².